The molecule has 0 spiro atoms. The number of benzene rings is 15. The van der Waals surface area contributed by atoms with E-state index >= 15 is 0 Å². The maximum absolute atomic E-state index is 6.99. The fourth-order valence-corrected chi connectivity index (χ4v) is 14.6. The van der Waals surface area contributed by atoms with Crippen LogP contribution >= 0.6 is 0 Å². The van der Waals surface area contributed by atoms with Gasteiger partial charge in [-0.15, -0.1) is 0 Å². The summed E-state index contributed by atoms with van der Waals surface area (Å²) in [7, 11) is 0. The van der Waals surface area contributed by atoms with Crippen molar-refractivity contribution < 1.29 is 13.3 Å². The molecule has 99 heavy (non-hydrogen) atoms. The van der Waals surface area contributed by atoms with Gasteiger partial charge in [-0.25, -0.2) is 29.9 Å². The summed E-state index contributed by atoms with van der Waals surface area (Å²) in [6, 6.07) is 110. The van der Waals surface area contributed by atoms with Crippen molar-refractivity contribution >= 4 is 98.1 Å². The Hall–Kier alpha value is -13.5. The van der Waals surface area contributed by atoms with Gasteiger partial charge in [0.05, 0.1) is 11.1 Å². The summed E-state index contributed by atoms with van der Waals surface area (Å²) >= 11 is 0. The van der Waals surface area contributed by atoms with Gasteiger partial charge in [-0.1, -0.05) is 267 Å². The zero-order valence-electron chi connectivity index (χ0n) is 52.9. The molecule has 460 valence electrons. The van der Waals surface area contributed by atoms with E-state index in [0.717, 1.165) is 138 Å². The lowest BCUT2D eigenvalue weighted by atomic mass is 9.92. The van der Waals surface area contributed by atoms with Crippen LogP contribution in [-0.2, 0) is 0 Å². The predicted molar refractivity (Wildman–Crippen MR) is 402 cm³/mol. The van der Waals surface area contributed by atoms with Gasteiger partial charge in [0.1, 0.15) is 33.5 Å². The summed E-state index contributed by atoms with van der Waals surface area (Å²) in [4.78, 5) is 30.7. The minimum Gasteiger partial charge on any atom is -0.455 e. The van der Waals surface area contributed by atoms with E-state index in [4.69, 9.17) is 43.2 Å². The standard InChI is InChI=1S/C90H52N6O3/c1-4-19-55(20-5-1)85-91-86(56-21-6-2-7-22-56)94-90(93-85)77-38-18-36-75-74-35-16-32-64(82(74)99-84(75)77)61-26-14-25-58(49-61)53-39-41-54(42-40-53)63-31-15-33-72-71-48-45-62(52-80(71)97-81(63)72)88-92-87(57-23-8-3-9-24-57)95-89(96-88)76-37-17-34-73-70-47-44-60(51-79(70)98-83(73)76)59-43-46-69-67-29-11-10-27-65(67)66-28-12-13-30-68(66)78(69)50-59/h1-52H. The molecule has 20 aromatic rings. The highest BCUT2D eigenvalue weighted by molar-refractivity contribution is 6.26. The molecule has 5 aromatic heterocycles. The second-order valence-electron chi connectivity index (χ2n) is 25.2. The monoisotopic (exact) mass is 1260 g/mol. The molecule has 0 bridgehead atoms. The largest absolute Gasteiger partial charge is 0.455 e. The summed E-state index contributed by atoms with van der Waals surface area (Å²) in [6.45, 7) is 0. The van der Waals surface area contributed by atoms with Crippen LogP contribution in [0.25, 0.3) is 211 Å². The summed E-state index contributed by atoms with van der Waals surface area (Å²) in [5, 5.41) is 13.5. The molecule has 0 aliphatic carbocycles. The zero-order chi connectivity index (χ0) is 65.1. The van der Waals surface area contributed by atoms with Gasteiger partial charge in [0.2, 0.25) is 0 Å². The third-order valence-electron chi connectivity index (χ3n) is 19.4. The first-order chi connectivity index (χ1) is 49.0. The lowest BCUT2D eigenvalue weighted by Gasteiger charge is -2.12. The third kappa shape index (κ3) is 9.39. The van der Waals surface area contributed by atoms with Crippen molar-refractivity contribution in [2.24, 2.45) is 0 Å². The van der Waals surface area contributed by atoms with Gasteiger partial charge in [-0.05, 0) is 114 Å². The highest BCUT2D eigenvalue weighted by Crippen LogP contribution is 2.45. The molecule has 20 rings (SSSR count). The van der Waals surface area contributed by atoms with Crippen LogP contribution in [0.3, 0.4) is 0 Å². The van der Waals surface area contributed by atoms with Crippen LogP contribution in [0.5, 0.6) is 0 Å². The number of rotatable bonds is 10. The highest BCUT2D eigenvalue weighted by Gasteiger charge is 2.23. The summed E-state index contributed by atoms with van der Waals surface area (Å²) in [5.74, 6) is 3.30. The van der Waals surface area contributed by atoms with Crippen LogP contribution in [0.15, 0.2) is 329 Å². The molecule has 0 saturated carbocycles. The maximum Gasteiger partial charge on any atom is 0.167 e. The zero-order valence-corrected chi connectivity index (χ0v) is 52.9. The summed E-state index contributed by atoms with van der Waals surface area (Å²) in [6.07, 6.45) is 0. The maximum atomic E-state index is 6.99. The van der Waals surface area contributed by atoms with Crippen LogP contribution in [0.2, 0.25) is 0 Å². The van der Waals surface area contributed by atoms with Gasteiger partial charge >= 0.3 is 0 Å². The number of fused-ring (bicyclic) bond motifs is 15. The minimum atomic E-state index is 0.506. The van der Waals surface area contributed by atoms with Crippen LogP contribution in [0.4, 0.5) is 0 Å². The van der Waals surface area contributed by atoms with Crippen molar-refractivity contribution in [1.82, 2.24) is 29.9 Å². The average molecular weight is 1270 g/mol. The quantitative estimate of drug-likeness (QED) is 0.123. The van der Waals surface area contributed by atoms with E-state index in [1.165, 1.54) is 32.3 Å². The topological polar surface area (TPSA) is 117 Å². The Balaban J connectivity index is 0.621. The van der Waals surface area contributed by atoms with E-state index in [1.807, 2.05) is 115 Å². The molecule has 5 heterocycles. The van der Waals surface area contributed by atoms with Gasteiger partial charge in [0.25, 0.3) is 0 Å². The number of hydrogen-bond donors (Lipinski definition) is 0. The third-order valence-corrected chi connectivity index (χ3v) is 19.4. The van der Waals surface area contributed by atoms with E-state index in [1.54, 1.807) is 0 Å². The predicted octanol–water partition coefficient (Wildman–Crippen LogP) is 23.9. The molecule has 9 heteroatoms. The van der Waals surface area contributed by atoms with Gasteiger partial charge < -0.3 is 13.3 Å². The first-order valence-corrected chi connectivity index (χ1v) is 33.1. The Kier molecular flexibility index (Phi) is 12.8. The molecule has 0 atom stereocenters. The second-order valence-corrected chi connectivity index (χ2v) is 25.2. The van der Waals surface area contributed by atoms with Crippen molar-refractivity contribution in [3.8, 4) is 113 Å². The van der Waals surface area contributed by atoms with Crippen LogP contribution in [0.1, 0.15) is 0 Å². The minimum absolute atomic E-state index is 0.506. The van der Waals surface area contributed by atoms with Gasteiger partial charge in [-0.2, -0.15) is 0 Å². The Bertz CT molecular complexity index is 6570. The van der Waals surface area contributed by atoms with Crippen LogP contribution in [-0.4, -0.2) is 29.9 Å². The van der Waals surface area contributed by atoms with E-state index in [9.17, 15) is 0 Å². The number of aromatic nitrogens is 6. The van der Waals surface area contributed by atoms with Crippen molar-refractivity contribution in [2.45, 2.75) is 0 Å². The van der Waals surface area contributed by atoms with E-state index in [2.05, 4.69) is 200 Å². The molecule has 9 nitrogen and oxygen atoms in total. The first kappa shape index (κ1) is 55.9. The molecule has 0 unspecified atom stereocenters. The first-order valence-electron chi connectivity index (χ1n) is 33.1. The van der Waals surface area contributed by atoms with Gasteiger partial charge in [-0.3, -0.25) is 0 Å². The van der Waals surface area contributed by atoms with Crippen molar-refractivity contribution in [2.75, 3.05) is 0 Å². The molecule has 0 N–H and O–H groups in total. The molecule has 0 saturated heterocycles. The number of para-hydroxylation sites is 4. The van der Waals surface area contributed by atoms with E-state index < -0.39 is 0 Å². The molecular formula is C90H52N6O3. The fourth-order valence-electron chi connectivity index (χ4n) is 14.6. The smallest absolute Gasteiger partial charge is 0.167 e. The Labute approximate surface area is 566 Å². The molecule has 15 aromatic carbocycles. The molecule has 0 aliphatic heterocycles. The molecule has 0 amide bonds. The van der Waals surface area contributed by atoms with E-state index in [0.29, 0.717) is 40.5 Å². The Morgan fingerprint density at radius 2 is 0.455 bits per heavy atom. The van der Waals surface area contributed by atoms with Gasteiger partial charge in [0, 0.05) is 65.7 Å². The second kappa shape index (κ2) is 22.6. The summed E-state index contributed by atoms with van der Waals surface area (Å²) in [5.41, 5.74) is 18.0. The van der Waals surface area contributed by atoms with Crippen molar-refractivity contribution in [1.29, 1.82) is 0 Å². The number of furan rings is 3. The Morgan fingerprint density at radius 1 is 0.152 bits per heavy atom. The molecule has 0 radical (unpaired) electrons. The molecule has 0 fully saturated rings. The van der Waals surface area contributed by atoms with Gasteiger partial charge in [0.15, 0.2) is 34.9 Å². The number of hydrogen-bond acceptors (Lipinski definition) is 9. The lowest BCUT2D eigenvalue weighted by Crippen LogP contribution is -2.00. The lowest BCUT2D eigenvalue weighted by molar-refractivity contribution is 0.669. The highest BCUT2D eigenvalue weighted by atomic mass is 16.3. The Morgan fingerprint density at radius 3 is 0.980 bits per heavy atom. The van der Waals surface area contributed by atoms with E-state index in [-0.39, 0.29) is 0 Å². The number of nitrogens with zero attached hydrogens (tertiary/aromatic N) is 6. The SMILES string of the molecule is c1ccc(-c2nc(-c3ccc4c(c3)oc3c(-c5ccc(-c6cccc(-c7cccc8c7oc7c(-c9nc(-c%10ccccc%10)nc(-c%10ccccc%10)n9)cccc78)c6)cc5)cccc34)nc(-c3cccc4c3oc3cc(-c5ccc6c7ccccc7c7ccccc7c6c5)ccc34)n2)cc1. The van der Waals surface area contributed by atoms with Crippen LogP contribution < -0.4 is 0 Å². The molecule has 0 aliphatic rings. The molecular weight excluding hydrogens is 1210 g/mol. The normalized spacial score (nSPS) is 11.8. The summed E-state index contributed by atoms with van der Waals surface area (Å²) < 4.78 is 20.9. The van der Waals surface area contributed by atoms with Crippen molar-refractivity contribution in [3.05, 3.63) is 315 Å². The fraction of sp³-hybridized carbons (Fsp3) is 0. The average Bonchev–Trinajstić information content (AvgIpc) is 1.49. The van der Waals surface area contributed by atoms with Crippen LogP contribution in [0, 0.1) is 0 Å². The van der Waals surface area contributed by atoms with Crippen molar-refractivity contribution in [3.63, 3.8) is 0 Å².